The fraction of sp³-hybridized carbons (Fsp3) is 0.214. The van der Waals surface area contributed by atoms with Gasteiger partial charge in [-0.25, -0.2) is 4.79 Å². The van der Waals surface area contributed by atoms with E-state index in [4.69, 9.17) is 4.74 Å². The summed E-state index contributed by atoms with van der Waals surface area (Å²) < 4.78 is 4.96. The van der Waals surface area contributed by atoms with Gasteiger partial charge in [0.1, 0.15) is 0 Å². The highest BCUT2D eigenvalue weighted by molar-refractivity contribution is 7.10. The van der Waals surface area contributed by atoms with Gasteiger partial charge in [-0.15, -0.1) is 11.3 Å². The number of carbonyl (C=O) groups excluding carboxylic acids is 1. The third kappa shape index (κ3) is 3.17. The minimum Gasteiger partial charge on any atom is -0.462 e. The molecule has 2 rings (SSSR count). The lowest BCUT2D eigenvalue weighted by atomic mass is 10.1. The third-order valence-electron chi connectivity index (χ3n) is 2.39. The van der Waals surface area contributed by atoms with Crippen molar-refractivity contribution < 1.29 is 9.53 Å². The average Bonchev–Trinajstić information content (AvgIpc) is 2.79. The molecule has 0 aliphatic rings. The van der Waals surface area contributed by atoms with Crippen LogP contribution in [0.15, 0.2) is 41.8 Å². The van der Waals surface area contributed by atoms with Gasteiger partial charge in [0, 0.05) is 16.7 Å². The van der Waals surface area contributed by atoms with Crippen LogP contribution < -0.4 is 0 Å². The Morgan fingerprint density at radius 3 is 2.76 bits per heavy atom. The molecule has 17 heavy (non-hydrogen) atoms. The van der Waals surface area contributed by atoms with Crippen LogP contribution in [0.5, 0.6) is 0 Å². The van der Waals surface area contributed by atoms with E-state index < -0.39 is 0 Å². The molecule has 1 aromatic heterocycles. The third-order valence-corrected chi connectivity index (χ3v) is 3.32. The number of hydrogen-bond donors (Lipinski definition) is 0. The number of rotatable bonds is 4. The number of esters is 1. The second kappa shape index (κ2) is 5.64. The zero-order valence-corrected chi connectivity index (χ0v) is 10.5. The van der Waals surface area contributed by atoms with Crippen molar-refractivity contribution in [3.63, 3.8) is 0 Å². The standard InChI is InChI=1S/C14H14O2S/c1-2-16-14(15)12-9-13(17-10-12)8-11-6-4-3-5-7-11/h3-7,9-10H,2,8H2,1H3. The van der Waals surface area contributed by atoms with Crippen molar-refractivity contribution in [1.82, 2.24) is 0 Å². The molecule has 1 heterocycles. The number of hydrogen-bond acceptors (Lipinski definition) is 3. The molecule has 0 atom stereocenters. The molecule has 0 saturated carbocycles. The maximum atomic E-state index is 11.5. The predicted molar refractivity (Wildman–Crippen MR) is 69.5 cm³/mol. The summed E-state index contributed by atoms with van der Waals surface area (Å²) in [6, 6.07) is 12.1. The lowest BCUT2D eigenvalue weighted by molar-refractivity contribution is 0.0527. The fourth-order valence-corrected chi connectivity index (χ4v) is 2.48. The molecule has 2 nitrogen and oxygen atoms in total. The fourth-order valence-electron chi connectivity index (χ4n) is 1.59. The van der Waals surface area contributed by atoms with Crippen molar-refractivity contribution in [1.29, 1.82) is 0 Å². The van der Waals surface area contributed by atoms with E-state index in [0.29, 0.717) is 12.2 Å². The van der Waals surface area contributed by atoms with E-state index in [1.807, 2.05) is 36.6 Å². The summed E-state index contributed by atoms with van der Waals surface area (Å²) in [5.41, 5.74) is 1.91. The number of carbonyl (C=O) groups is 1. The number of benzene rings is 1. The molecular weight excluding hydrogens is 232 g/mol. The van der Waals surface area contributed by atoms with Crippen molar-refractivity contribution in [3.8, 4) is 0 Å². The normalized spacial score (nSPS) is 10.2. The van der Waals surface area contributed by atoms with Gasteiger partial charge >= 0.3 is 5.97 Å². The molecule has 3 heteroatoms. The molecule has 0 unspecified atom stereocenters. The SMILES string of the molecule is CCOC(=O)c1csc(Cc2ccccc2)c1. The lowest BCUT2D eigenvalue weighted by Crippen LogP contribution is -2.02. The van der Waals surface area contributed by atoms with Crippen LogP contribution in [0, 0.1) is 0 Å². The Labute approximate surface area is 105 Å². The van der Waals surface area contributed by atoms with Gasteiger partial charge in [0.25, 0.3) is 0 Å². The van der Waals surface area contributed by atoms with Crippen LogP contribution in [0.2, 0.25) is 0 Å². The zero-order valence-electron chi connectivity index (χ0n) is 9.68. The maximum absolute atomic E-state index is 11.5. The first-order chi connectivity index (χ1) is 8.29. The number of ether oxygens (including phenoxy) is 1. The summed E-state index contributed by atoms with van der Waals surface area (Å²) in [7, 11) is 0. The Morgan fingerprint density at radius 1 is 1.29 bits per heavy atom. The maximum Gasteiger partial charge on any atom is 0.338 e. The van der Waals surface area contributed by atoms with Crippen molar-refractivity contribution in [2.24, 2.45) is 0 Å². The topological polar surface area (TPSA) is 26.3 Å². The van der Waals surface area contributed by atoms with Crippen LogP contribution in [-0.2, 0) is 11.2 Å². The largest absolute Gasteiger partial charge is 0.462 e. The van der Waals surface area contributed by atoms with Gasteiger partial charge in [0.2, 0.25) is 0 Å². The monoisotopic (exact) mass is 246 g/mol. The molecule has 2 aromatic rings. The Hall–Kier alpha value is -1.61. The van der Waals surface area contributed by atoms with Gasteiger partial charge in [0.05, 0.1) is 12.2 Å². The highest BCUT2D eigenvalue weighted by atomic mass is 32.1. The van der Waals surface area contributed by atoms with Gasteiger partial charge in [-0.2, -0.15) is 0 Å². The Morgan fingerprint density at radius 2 is 2.06 bits per heavy atom. The molecule has 88 valence electrons. The first-order valence-corrected chi connectivity index (χ1v) is 6.46. The minimum atomic E-state index is -0.233. The summed E-state index contributed by atoms with van der Waals surface area (Å²) >= 11 is 1.60. The predicted octanol–water partition coefficient (Wildman–Crippen LogP) is 3.52. The van der Waals surface area contributed by atoms with E-state index >= 15 is 0 Å². The van der Waals surface area contributed by atoms with Gasteiger partial charge in [-0.3, -0.25) is 0 Å². The Bertz CT molecular complexity index is 488. The van der Waals surface area contributed by atoms with Crippen LogP contribution in [0.25, 0.3) is 0 Å². The van der Waals surface area contributed by atoms with Crippen molar-refractivity contribution in [2.75, 3.05) is 6.61 Å². The molecule has 0 aliphatic carbocycles. The van der Waals surface area contributed by atoms with E-state index in [1.165, 1.54) is 10.4 Å². The average molecular weight is 246 g/mol. The van der Waals surface area contributed by atoms with Gasteiger partial charge in [-0.1, -0.05) is 30.3 Å². The van der Waals surface area contributed by atoms with Crippen molar-refractivity contribution in [3.05, 3.63) is 57.8 Å². The van der Waals surface area contributed by atoms with Crippen LogP contribution in [0.1, 0.15) is 27.7 Å². The molecule has 0 spiro atoms. The summed E-state index contributed by atoms with van der Waals surface area (Å²) in [5.74, 6) is -0.233. The molecular formula is C14H14O2S. The molecule has 0 saturated heterocycles. The second-order valence-electron chi connectivity index (χ2n) is 3.68. The van der Waals surface area contributed by atoms with E-state index in [9.17, 15) is 4.79 Å². The summed E-state index contributed by atoms with van der Waals surface area (Å²) in [6.07, 6.45) is 0.866. The smallest absolute Gasteiger partial charge is 0.338 e. The Kier molecular flexibility index (Phi) is 3.94. The highest BCUT2D eigenvalue weighted by Crippen LogP contribution is 2.19. The minimum absolute atomic E-state index is 0.233. The van der Waals surface area contributed by atoms with Gasteiger partial charge in [0.15, 0.2) is 0 Å². The van der Waals surface area contributed by atoms with E-state index in [2.05, 4.69) is 12.1 Å². The summed E-state index contributed by atoms with van der Waals surface area (Å²) in [4.78, 5) is 12.7. The van der Waals surface area contributed by atoms with Crippen LogP contribution in [-0.4, -0.2) is 12.6 Å². The first-order valence-electron chi connectivity index (χ1n) is 5.58. The van der Waals surface area contributed by atoms with Crippen molar-refractivity contribution >= 4 is 17.3 Å². The van der Waals surface area contributed by atoms with Crippen LogP contribution >= 0.6 is 11.3 Å². The molecule has 0 amide bonds. The quantitative estimate of drug-likeness (QED) is 0.772. The van der Waals surface area contributed by atoms with Crippen LogP contribution in [0.3, 0.4) is 0 Å². The molecule has 0 N–H and O–H groups in total. The second-order valence-corrected chi connectivity index (χ2v) is 4.68. The lowest BCUT2D eigenvalue weighted by Gasteiger charge is -1.98. The molecule has 1 aromatic carbocycles. The number of thiophene rings is 1. The summed E-state index contributed by atoms with van der Waals surface area (Å²) in [5, 5.41) is 1.86. The van der Waals surface area contributed by atoms with E-state index in [0.717, 1.165) is 6.42 Å². The molecule has 0 bridgehead atoms. The molecule has 0 radical (unpaired) electrons. The zero-order chi connectivity index (χ0) is 12.1. The highest BCUT2D eigenvalue weighted by Gasteiger charge is 2.09. The molecule has 0 fully saturated rings. The van der Waals surface area contributed by atoms with Gasteiger partial charge < -0.3 is 4.74 Å². The van der Waals surface area contributed by atoms with Crippen molar-refractivity contribution in [2.45, 2.75) is 13.3 Å². The Balaban J connectivity index is 2.06. The van der Waals surface area contributed by atoms with E-state index in [1.54, 1.807) is 11.3 Å². The van der Waals surface area contributed by atoms with Crippen LogP contribution in [0.4, 0.5) is 0 Å². The first kappa shape index (κ1) is 11.9. The van der Waals surface area contributed by atoms with E-state index in [-0.39, 0.29) is 5.97 Å². The summed E-state index contributed by atoms with van der Waals surface area (Å²) in [6.45, 7) is 2.23. The van der Waals surface area contributed by atoms with Gasteiger partial charge in [-0.05, 0) is 18.6 Å². The molecule has 0 aliphatic heterocycles.